The van der Waals surface area contributed by atoms with Gasteiger partial charge in [-0.15, -0.1) is 0 Å². The van der Waals surface area contributed by atoms with E-state index in [0.717, 1.165) is 61.1 Å². The summed E-state index contributed by atoms with van der Waals surface area (Å²) in [5.41, 5.74) is 5.83. The summed E-state index contributed by atoms with van der Waals surface area (Å²) >= 11 is 6.73. The number of benzene rings is 2. The van der Waals surface area contributed by atoms with Crippen molar-refractivity contribution in [3.8, 4) is 5.95 Å². The van der Waals surface area contributed by atoms with Gasteiger partial charge in [-0.1, -0.05) is 29.8 Å². The number of carboxylic acids is 1. The number of hydrogen-bond acceptors (Lipinski definition) is 5. The van der Waals surface area contributed by atoms with Crippen molar-refractivity contribution in [3.05, 3.63) is 75.6 Å². The Morgan fingerprint density at radius 1 is 1.09 bits per heavy atom. The molecule has 1 aliphatic heterocycles. The van der Waals surface area contributed by atoms with Crippen molar-refractivity contribution in [1.82, 2.24) is 19.7 Å². The molecule has 0 saturated carbocycles. The maximum atomic E-state index is 11.3. The first-order valence-corrected chi connectivity index (χ1v) is 11.9. The lowest BCUT2D eigenvalue weighted by Gasteiger charge is -2.20. The molecule has 0 bridgehead atoms. The molecule has 5 rings (SSSR count). The predicted octanol–water partition coefficient (Wildman–Crippen LogP) is 5.17. The fourth-order valence-electron chi connectivity index (χ4n) is 4.68. The largest absolute Gasteiger partial charge is 0.478 e. The number of rotatable bonds is 6. The fraction of sp³-hybridized carbons (Fsp3) is 0.308. The molecule has 1 fully saturated rings. The third kappa shape index (κ3) is 4.23. The smallest absolute Gasteiger partial charge is 0.338 e. The summed E-state index contributed by atoms with van der Waals surface area (Å²) in [7, 11) is 0. The minimum Gasteiger partial charge on any atom is -0.478 e. The van der Waals surface area contributed by atoms with Gasteiger partial charge in [-0.2, -0.15) is 10.1 Å². The van der Waals surface area contributed by atoms with Crippen molar-refractivity contribution >= 4 is 34.3 Å². The summed E-state index contributed by atoms with van der Waals surface area (Å²) in [6.45, 7) is 6.14. The number of aromatic nitrogens is 4. The van der Waals surface area contributed by atoms with E-state index < -0.39 is 5.97 Å². The molecule has 2 aromatic heterocycles. The third-order valence-electron chi connectivity index (χ3n) is 6.56. The summed E-state index contributed by atoms with van der Waals surface area (Å²) in [6.07, 6.45) is 6.68. The average molecular weight is 476 g/mol. The van der Waals surface area contributed by atoms with Crippen LogP contribution in [-0.2, 0) is 12.8 Å². The van der Waals surface area contributed by atoms with E-state index in [0.29, 0.717) is 11.0 Å². The monoisotopic (exact) mass is 475 g/mol. The zero-order chi connectivity index (χ0) is 23.8. The van der Waals surface area contributed by atoms with E-state index in [1.807, 2.05) is 6.07 Å². The number of aryl methyl sites for hydroxylation is 3. The van der Waals surface area contributed by atoms with Crippen LogP contribution in [-0.4, -0.2) is 43.9 Å². The minimum atomic E-state index is -1.04. The van der Waals surface area contributed by atoms with Crippen LogP contribution in [0.2, 0.25) is 5.02 Å². The Balaban J connectivity index is 1.57. The molecule has 1 aliphatic rings. The van der Waals surface area contributed by atoms with Crippen molar-refractivity contribution < 1.29 is 9.90 Å². The summed E-state index contributed by atoms with van der Waals surface area (Å²) in [4.78, 5) is 23.1. The van der Waals surface area contributed by atoms with Crippen LogP contribution in [0.4, 0.5) is 5.82 Å². The Bertz CT molecular complexity index is 1370. The van der Waals surface area contributed by atoms with Gasteiger partial charge in [0, 0.05) is 29.7 Å². The van der Waals surface area contributed by atoms with E-state index in [-0.39, 0.29) is 5.56 Å². The molecule has 174 valence electrons. The van der Waals surface area contributed by atoms with Crippen molar-refractivity contribution in [2.75, 3.05) is 18.0 Å². The lowest BCUT2D eigenvalue weighted by molar-refractivity contribution is 0.0697. The molecular weight excluding hydrogens is 450 g/mol. The molecule has 2 aromatic carbocycles. The maximum Gasteiger partial charge on any atom is 0.338 e. The van der Waals surface area contributed by atoms with Gasteiger partial charge < -0.3 is 10.0 Å². The number of carboxylic acid groups (broad SMARTS) is 1. The first kappa shape index (κ1) is 22.3. The van der Waals surface area contributed by atoms with E-state index in [1.165, 1.54) is 33.8 Å². The molecule has 4 aromatic rings. The molecule has 0 atom stereocenters. The highest BCUT2D eigenvalue weighted by molar-refractivity contribution is 6.32. The molecule has 34 heavy (non-hydrogen) atoms. The summed E-state index contributed by atoms with van der Waals surface area (Å²) < 4.78 is 1.41. The van der Waals surface area contributed by atoms with Crippen LogP contribution in [0.15, 0.2) is 42.7 Å². The van der Waals surface area contributed by atoms with Crippen LogP contribution in [0.25, 0.3) is 16.9 Å². The molecule has 0 unspecified atom stereocenters. The Hall–Kier alpha value is -3.45. The topological polar surface area (TPSA) is 84.1 Å². The van der Waals surface area contributed by atoms with E-state index in [4.69, 9.17) is 16.6 Å². The summed E-state index contributed by atoms with van der Waals surface area (Å²) in [5.74, 6) is 0.138. The van der Waals surface area contributed by atoms with E-state index in [1.54, 1.807) is 0 Å². The molecule has 3 heterocycles. The highest BCUT2D eigenvalue weighted by Gasteiger charge is 2.21. The number of hydrogen-bond donors (Lipinski definition) is 1. The first-order valence-electron chi connectivity index (χ1n) is 11.5. The van der Waals surface area contributed by atoms with Crippen molar-refractivity contribution in [2.24, 2.45) is 0 Å². The molecule has 7 nitrogen and oxygen atoms in total. The molecule has 0 amide bonds. The lowest BCUT2D eigenvalue weighted by atomic mass is 9.96. The number of halogens is 1. The Morgan fingerprint density at radius 3 is 2.50 bits per heavy atom. The van der Waals surface area contributed by atoms with Gasteiger partial charge in [0.05, 0.1) is 17.3 Å². The minimum absolute atomic E-state index is 0.0892. The second-order valence-electron chi connectivity index (χ2n) is 8.85. The summed E-state index contributed by atoms with van der Waals surface area (Å²) in [5, 5.41) is 15.0. The van der Waals surface area contributed by atoms with Crippen LogP contribution >= 0.6 is 11.6 Å². The van der Waals surface area contributed by atoms with Gasteiger partial charge in [0.2, 0.25) is 0 Å². The van der Waals surface area contributed by atoms with Gasteiger partial charge in [-0.25, -0.2) is 14.5 Å². The van der Waals surface area contributed by atoms with Gasteiger partial charge in [0.1, 0.15) is 5.82 Å². The zero-order valence-electron chi connectivity index (χ0n) is 19.3. The molecule has 1 saturated heterocycles. The van der Waals surface area contributed by atoms with Crippen molar-refractivity contribution in [2.45, 2.75) is 39.5 Å². The van der Waals surface area contributed by atoms with Crippen molar-refractivity contribution in [3.63, 3.8) is 0 Å². The molecule has 0 radical (unpaired) electrons. The van der Waals surface area contributed by atoms with Gasteiger partial charge in [0.15, 0.2) is 0 Å². The number of anilines is 1. The molecular formula is C26H26ClN5O2. The second kappa shape index (κ2) is 9.06. The Morgan fingerprint density at radius 2 is 1.82 bits per heavy atom. The Kier molecular flexibility index (Phi) is 5.96. The number of carbonyl (C=O) groups is 1. The number of nitrogens with zero attached hydrogens (tertiary/aromatic N) is 5. The van der Waals surface area contributed by atoms with Crippen LogP contribution < -0.4 is 4.90 Å². The van der Waals surface area contributed by atoms with Gasteiger partial charge in [-0.3, -0.25) is 0 Å². The van der Waals surface area contributed by atoms with Gasteiger partial charge in [0.25, 0.3) is 5.95 Å². The molecule has 0 spiro atoms. The highest BCUT2D eigenvalue weighted by Crippen LogP contribution is 2.32. The quantitative estimate of drug-likeness (QED) is 0.414. The van der Waals surface area contributed by atoms with E-state index in [9.17, 15) is 9.90 Å². The van der Waals surface area contributed by atoms with Crippen LogP contribution in [0.1, 0.15) is 45.5 Å². The van der Waals surface area contributed by atoms with Gasteiger partial charge >= 0.3 is 5.97 Å². The maximum absolute atomic E-state index is 11.3. The fourth-order valence-corrected chi connectivity index (χ4v) is 4.93. The number of aromatic carboxylic acids is 1. The average Bonchev–Trinajstić information content (AvgIpc) is 3.51. The second-order valence-corrected chi connectivity index (χ2v) is 9.26. The van der Waals surface area contributed by atoms with Crippen LogP contribution in [0, 0.1) is 13.8 Å². The zero-order valence-corrected chi connectivity index (χ0v) is 20.0. The Labute approximate surface area is 203 Å². The van der Waals surface area contributed by atoms with Crippen LogP contribution in [0.3, 0.4) is 0 Å². The lowest BCUT2D eigenvalue weighted by Crippen LogP contribution is -2.21. The molecule has 0 aliphatic carbocycles. The van der Waals surface area contributed by atoms with E-state index in [2.05, 4.69) is 53.1 Å². The van der Waals surface area contributed by atoms with Crippen LogP contribution in [0.5, 0.6) is 0 Å². The first-order chi connectivity index (χ1) is 16.4. The SMILES string of the molecule is Cc1cccc(C)c1CCc1cc2c(N3CCCC3)nc(-n3cc(C(=O)O)cn3)nc2cc1Cl. The summed E-state index contributed by atoms with van der Waals surface area (Å²) in [6, 6.07) is 10.4. The third-order valence-corrected chi connectivity index (χ3v) is 6.91. The van der Waals surface area contributed by atoms with Crippen molar-refractivity contribution in [1.29, 1.82) is 0 Å². The molecule has 8 heteroatoms. The number of fused-ring (bicyclic) bond motifs is 1. The van der Waals surface area contributed by atoms with E-state index >= 15 is 0 Å². The van der Waals surface area contributed by atoms with Gasteiger partial charge in [-0.05, 0) is 73.9 Å². The standard InChI is InChI=1S/C26H26ClN5O2/c1-16-6-5-7-17(2)20(16)9-8-18-12-21-23(13-22(18)27)29-26(30-24(21)31-10-3-4-11-31)32-15-19(14-28-32)25(33)34/h5-7,12-15H,3-4,8-11H2,1-2H3,(H,33,34). The molecule has 1 N–H and O–H groups in total. The normalized spacial score (nSPS) is 13.7. The predicted molar refractivity (Wildman–Crippen MR) is 133 cm³/mol. The highest BCUT2D eigenvalue weighted by atomic mass is 35.5.